The zero-order valence-corrected chi connectivity index (χ0v) is 13.1. The molecule has 0 saturated heterocycles. The van der Waals surface area contributed by atoms with Crippen molar-refractivity contribution in [2.45, 2.75) is 13.3 Å². The highest BCUT2D eigenvalue weighted by atomic mass is 35.5. The van der Waals surface area contributed by atoms with E-state index in [1.807, 2.05) is 13.0 Å². The quantitative estimate of drug-likeness (QED) is 0.843. The van der Waals surface area contributed by atoms with Gasteiger partial charge in [-0.15, -0.1) is 0 Å². The van der Waals surface area contributed by atoms with Gasteiger partial charge in [0.1, 0.15) is 12.5 Å². The number of halogens is 1. The number of nitriles is 1. The normalized spacial score (nSPS) is 9.78. The second kappa shape index (κ2) is 7.43. The molecule has 2 aromatic carbocycles. The Balaban J connectivity index is 1.97. The average Bonchev–Trinajstić information content (AvgIpc) is 2.50. The van der Waals surface area contributed by atoms with E-state index < -0.39 is 11.8 Å². The molecule has 0 aliphatic carbocycles. The van der Waals surface area contributed by atoms with Crippen LogP contribution < -0.4 is 10.6 Å². The molecule has 0 aliphatic rings. The highest BCUT2D eigenvalue weighted by Crippen LogP contribution is 2.20. The van der Waals surface area contributed by atoms with Gasteiger partial charge in [0.25, 0.3) is 0 Å². The fourth-order valence-electron chi connectivity index (χ4n) is 1.99. The van der Waals surface area contributed by atoms with Crippen molar-refractivity contribution in [3.63, 3.8) is 0 Å². The summed E-state index contributed by atoms with van der Waals surface area (Å²) in [6, 6.07) is 13.6. The SMILES string of the molecule is Cc1cc(Cl)ccc1NC(=O)CC(=O)Nc1ccccc1C#N. The van der Waals surface area contributed by atoms with Crippen molar-refractivity contribution in [3.8, 4) is 6.07 Å². The van der Waals surface area contributed by atoms with Crippen molar-refractivity contribution in [1.29, 1.82) is 5.26 Å². The van der Waals surface area contributed by atoms with Gasteiger partial charge < -0.3 is 10.6 Å². The van der Waals surface area contributed by atoms with E-state index in [4.69, 9.17) is 16.9 Å². The van der Waals surface area contributed by atoms with E-state index in [0.717, 1.165) is 5.56 Å². The first kappa shape index (κ1) is 16.5. The van der Waals surface area contributed by atoms with Crippen molar-refractivity contribution >= 4 is 34.8 Å². The Morgan fingerprint density at radius 2 is 1.74 bits per heavy atom. The number of aryl methyl sites for hydroxylation is 1. The molecule has 0 saturated carbocycles. The molecule has 0 spiro atoms. The van der Waals surface area contributed by atoms with Gasteiger partial charge in [0.15, 0.2) is 0 Å². The standard InChI is InChI=1S/C17H14ClN3O2/c1-11-8-13(18)6-7-14(11)20-16(22)9-17(23)21-15-5-3-2-4-12(15)10-19/h2-8H,9H2,1H3,(H,20,22)(H,21,23). The van der Waals surface area contributed by atoms with E-state index in [-0.39, 0.29) is 6.42 Å². The second-order valence-electron chi connectivity index (χ2n) is 4.89. The van der Waals surface area contributed by atoms with Gasteiger partial charge >= 0.3 is 0 Å². The van der Waals surface area contributed by atoms with Crippen molar-refractivity contribution in [3.05, 3.63) is 58.6 Å². The first-order valence-corrected chi connectivity index (χ1v) is 7.22. The van der Waals surface area contributed by atoms with Crippen LogP contribution in [0.15, 0.2) is 42.5 Å². The number of anilines is 2. The highest BCUT2D eigenvalue weighted by Gasteiger charge is 2.12. The van der Waals surface area contributed by atoms with Crippen LogP contribution >= 0.6 is 11.6 Å². The minimum Gasteiger partial charge on any atom is -0.325 e. The van der Waals surface area contributed by atoms with Crippen LogP contribution in [0, 0.1) is 18.3 Å². The molecule has 0 atom stereocenters. The van der Waals surface area contributed by atoms with Crippen LogP contribution in [-0.2, 0) is 9.59 Å². The number of para-hydroxylation sites is 1. The first-order chi connectivity index (χ1) is 11.0. The Labute approximate surface area is 138 Å². The third-order valence-corrected chi connectivity index (χ3v) is 3.34. The van der Waals surface area contributed by atoms with E-state index >= 15 is 0 Å². The fraction of sp³-hybridized carbons (Fsp3) is 0.118. The minimum absolute atomic E-state index is 0.342. The lowest BCUT2D eigenvalue weighted by molar-refractivity contribution is -0.123. The van der Waals surface area contributed by atoms with E-state index in [2.05, 4.69) is 10.6 Å². The lowest BCUT2D eigenvalue weighted by Gasteiger charge is -2.09. The van der Waals surface area contributed by atoms with E-state index in [9.17, 15) is 9.59 Å². The van der Waals surface area contributed by atoms with Gasteiger partial charge in [-0.2, -0.15) is 5.26 Å². The third kappa shape index (κ3) is 4.56. The van der Waals surface area contributed by atoms with Gasteiger partial charge in [-0.3, -0.25) is 9.59 Å². The van der Waals surface area contributed by atoms with Crippen molar-refractivity contribution in [1.82, 2.24) is 0 Å². The maximum absolute atomic E-state index is 11.9. The van der Waals surface area contributed by atoms with E-state index in [1.54, 1.807) is 42.5 Å². The molecule has 2 rings (SSSR count). The molecule has 116 valence electrons. The van der Waals surface area contributed by atoms with Gasteiger partial charge in [-0.1, -0.05) is 23.7 Å². The van der Waals surface area contributed by atoms with Crippen LogP contribution in [-0.4, -0.2) is 11.8 Å². The molecule has 0 bridgehead atoms. The third-order valence-electron chi connectivity index (χ3n) is 3.11. The summed E-state index contributed by atoms with van der Waals surface area (Å²) < 4.78 is 0. The molecule has 5 nitrogen and oxygen atoms in total. The Kier molecular flexibility index (Phi) is 5.34. The highest BCUT2D eigenvalue weighted by molar-refractivity contribution is 6.30. The van der Waals surface area contributed by atoms with Crippen molar-refractivity contribution < 1.29 is 9.59 Å². The predicted octanol–water partition coefficient (Wildman–Crippen LogP) is 3.49. The number of rotatable bonds is 4. The zero-order valence-electron chi connectivity index (χ0n) is 12.4. The van der Waals surface area contributed by atoms with Gasteiger partial charge in [-0.05, 0) is 42.8 Å². The summed E-state index contributed by atoms with van der Waals surface area (Å²) in [6.07, 6.45) is -0.345. The van der Waals surface area contributed by atoms with Crippen LogP contribution in [0.5, 0.6) is 0 Å². The largest absolute Gasteiger partial charge is 0.325 e. The molecular weight excluding hydrogens is 314 g/mol. The zero-order chi connectivity index (χ0) is 16.8. The van der Waals surface area contributed by atoms with Gasteiger partial charge in [-0.25, -0.2) is 0 Å². The molecular formula is C17H14ClN3O2. The summed E-state index contributed by atoms with van der Waals surface area (Å²) in [5.74, 6) is -0.931. The van der Waals surface area contributed by atoms with Crippen molar-refractivity contribution in [2.24, 2.45) is 0 Å². The van der Waals surface area contributed by atoms with Crippen LogP contribution in [0.2, 0.25) is 5.02 Å². The smallest absolute Gasteiger partial charge is 0.233 e. The number of carbonyl (C=O) groups is 2. The molecule has 0 aliphatic heterocycles. The number of hydrogen-bond donors (Lipinski definition) is 2. The number of benzene rings is 2. The Hall–Kier alpha value is -2.84. The maximum Gasteiger partial charge on any atom is 0.233 e. The summed E-state index contributed by atoms with van der Waals surface area (Å²) in [6.45, 7) is 1.81. The lowest BCUT2D eigenvalue weighted by Crippen LogP contribution is -2.22. The van der Waals surface area contributed by atoms with Gasteiger partial charge in [0.05, 0.1) is 11.3 Å². The number of amides is 2. The molecule has 0 unspecified atom stereocenters. The summed E-state index contributed by atoms with van der Waals surface area (Å²) in [7, 11) is 0. The molecule has 6 heteroatoms. The second-order valence-corrected chi connectivity index (χ2v) is 5.33. The molecule has 2 N–H and O–H groups in total. The number of carbonyl (C=O) groups excluding carboxylic acids is 2. The van der Waals surface area contributed by atoms with Gasteiger partial charge in [0.2, 0.25) is 11.8 Å². The first-order valence-electron chi connectivity index (χ1n) is 6.84. The van der Waals surface area contributed by atoms with E-state index in [1.165, 1.54) is 0 Å². The summed E-state index contributed by atoms with van der Waals surface area (Å²) in [4.78, 5) is 23.9. The molecule has 23 heavy (non-hydrogen) atoms. The summed E-state index contributed by atoms with van der Waals surface area (Å²) >= 11 is 5.85. The summed E-state index contributed by atoms with van der Waals surface area (Å²) in [5, 5.41) is 14.8. The van der Waals surface area contributed by atoms with Gasteiger partial charge in [0, 0.05) is 10.7 Å². The number of nitrogens with one attached hydrogen (secondary N) is 2. The predicted molar refractivity (Wildman–Crippen MR) is 89.2 cm³/mol. The molecule has 0 aromatic heterocycles. The topological polar surface area (TPSA) is 82.0 Å². The number of hydrogen-bond acceptors (Lipinski definition) is 3. The van der Waals surface area contributed by atoms with E-state index in [0.29, 0.717) is 22.0 Å². The molecule has 2 amide bonds. The maximum atomic E-state index is 11.9. The monoisotopic (exact) mass is 327 g/mol. The number of nitrogens with zero attached hydrogens (tertiary/aromatic N) is 1. The van der Waals surface area contributed by atoms with Crippen LogP contribution in [0.4, 0.5) is 11.4 Å². The van der Waals surface area contributed by atoms with Crippen molar-refractivity contribution in [2.75, 3.05) is 10.6 Å². The Morgan fingerprint density at radius 3 is 2.39 bits per heavy atom. The minimum atomic E-state index is -0.489. The fourth-order valence-corrected chi connectivity index (χ4v) is 2.22. The van der Waals surface area contributed by atoms with Crippen LogP contribution in [0.1, 0.15) is 17.5 Å². The average molecular weight is 328 g/mol. The molecule has 0 heterocycles. The Morgan fingerprint density at radius 1 is 1.09 bits per heavy atom. The summed E-state index contributed by atoms with van der Waals surface area (Å²) in [5.41, 5.74) is 2.14. The molecule has 0 fully saturated rings. The van der Waals surface area contributed by atoms with Crippen LogP contribution in [0.3, 0.4) is 0 Å². The van der Waals surface area contributed by atoms with Crippen LogP contribution in [0.25, 0.3) is 0 Å². The molecule has 0 radical (unpaired) electrons. The Bertz CT molecular complexity index is 797. The molecule has 2 aromatic rings. The lowest BCUT2D eigenvalue weighted by atomic mass is 10.2.